The minimum absolute atomic E-state index is 0.223. The number of hydrogen-bond acceptors (Lipinski definition) is 4. The highest BCUT2D eigenvalue weighted by molar-refractivity contribution is 7.99. The summed E-state index contributed by atoms with van der Waals surface area (Å²) in [6.45, 7) is 0.898. The van der Waals surface area contributed by atoms with Crippen molar-refractivity contribution in [3.63, 3.8) is 0 Å². The number of amides is 1. The summed E-state index contributed by atoms with van der Waals surface area (Å²) in [4.78, 5) is 25.1. The summed E-state index contributed by atoms with van der Waals surface area (Å²) in [7, 11) is 0. The lowest BCUT2D eigenvalue weighted by atomic mass is 9.78. The van der Waals surface area contributed by atoms with Gasteiger partial charge < -0.3 is 15.7 Å². The summed E-state index contributed by atoms with van der Waals surface area (Å²) in [5.74, 6) is 1.04. The van der Waals surface area contributed by atoms with E-state index in [9.17, 15) is 9.59 Å². The number of aliphatic carboxylic acids is 1. The molecule has 0 bridgehead atoms. The standard InChI is InChI=1S/C15H26N2O3S/c16-12(15(19)20)7-9-21-10-14(18)17-8-3-5-11-4-1-2-6-13(11)17/h11-13H,1-10,16H2,(H,19,20). The molecule has 0 spiro atoms. The van der Waals surface area contributed by atoms with Crippen LogP contribution in [0, 0.1) is 5.92 Å². The van der Waals surface area contributed by atoms with Crippen molar-refractivity contribution in [2.24, 2.45) is 11.7 Å². The summed E-state index contributed by atoms with van der Waals surface area (Å²) >= 11 is 1.51. The van der Waals surface area contributed by atoms with E-state index in [0.29, 0.717) is 29.9 Å². The second-order valence-corrected chi connectivity index (χ2v) is 7.23. The van der Waals surface area contributed by atoms with E-state index in [-0.39, 0.29) is 5.91 Å². The zero-order valence-electron chi connectivity index (χ0n) is 12.5. The van der Waals surface area contributed by atoms with Crippen molar-refractivity contribution in [2.45, 2.75) is 57.0 Å². The number of piperidine rings is 1. The average Bonchev–Trinajstić information content (AvgIpc) is 2.50. The van der Waals surface area contributed by atoms with Crippen LogP contribution in [0.1, 0.15) is 44.9 Å². The maximum atomic E-state index is 12.4. The molecule has 1 aliphatic carbocycles. The van der Waals surface area contributed by atoms with Crippen LogP contribution in [0.2, 0.25) is 0 Å². The van der Waals surface area contributed by atoms with Crippen molar-refractivity contribution in [1.29, 1.82) is 0 Å². The van der Waals surface area contributed by atoms with Crippen LogP contribution in [0.25, 0.3) is 0 Å². The lowest BCUT2D eigenvalue weighted by molar-refractivity contribution is -0.138. The van der Waals surface area contributed by atoms with Crippen molar-refractivity contribution in [3.05, 3.63) is 0 Å². The number of carbonyl (C=O) groups is 2. The molecule has 0 radical (unpaired) electrons. The molecule has 1 aliphatic heterocycles. The highest BCUT2D eigenvalue weighted by Crippen LogP contribution is 2.35. The third-order valence-electron chi connectivity index (χ3n) is 4.68. The molecule has 1 amide bonds. The highest BCUT2D eigenvalue weighted by Gasteiger charge is 2.35. The third kappa shape index (κ3) is 4.61. The molecule has 3 N–H and O–H groups in total. The Hall–Kier alpha value is -0.750. The molecule has 2 fully saturated rings. The number of nitrogens with two attached hydrogens (primary N) is 1. The van der Waals surface area contributed by atoms with Gasteiger partial charge in [0.1, 0.15) is 6.04 Å². The maximum absolute atomic E-state index is 12.4. The molecule has 0 aromatic heterocycles. The van der Waals surface area contributed by atoms with Crippen LogP contribution in [0.15, 0.2) is 0 Å². The number of carboxylic acids is 1. The molecule has 1 saturated heterocycles. The number of hydrogen-bond donors (Lipinski definition) is 2. The Morgan fingerprint density at radius 1 is 1.24 bits per heavy atom. The van der Waals surface area contributed by atoms with Gasteiger partial charge in [-0.25, -0.2) is 0 Å². The number of nitrogens with zero attached hydrogens (tertiary/aromatic N) is 1. The largest absolute Gasteiger partial charge is 0.480 e. The van der Waals surface area contributed by atoms with Gasteiger partial charge in [-0.3, -0.25) is 9.59 Å². The Labute approximate surface area is 130 Å². The van der Waals surface area contributed by atoms with Crippen molar-refractivity contribution >= 4 is 23.6 Å². The van der Waals surface area contributed by atoms with Crippen LogP contribution in [0.4, 0.5) is 0 Å². The lowest BCUT2D eigenvalue weighted by Gasteiger charge is -2.44. The van der Waals surface area contributed by atoms with Crippen molar-refractivity contribution < 1.29 is 14.7 Å². The van der Waals surface area contributed by atoms with Gasteiger partial charge in [0.25, 0.3) is 0 Å². The van der Waals surface area contributed by atoms with Crippen LogP contribution in [-0.2, 0) is 9.59 Å². The second-order valence-electron chi connectivity index (χ2n) is 6.13. The van der Waals surface area contributed by atoms with Gasteiger partial charge in [-0.1, -0.05) is 12.8 Å². The first-order valence-electron chi connectivity index (χ1n) is 7.95. The van der Waals surface area contributed by atoms with E-state index < -0.39 is 12.0 Å². The number of carboxylic acid groups (broad SMARTS) is 1. The summed E-state index contributed by atoms with van der Waals surface area (Å²) in [5, 5.41) is 8.71. The van der Waals surface area contributed by atoms with Crippen LogP contribution < -0.4 is 5.73 Å². The van der Waals surface area contributed by atoms with Gasteiger partial charge in [0.2, 0.25) is 5.91 Å². The van der Waals surface area contributed by atoms with Crippen LogP contribution in [-0.4, -0.2) is 52.0 Å². The van der Waals surface area contributed by atoms with Gasteiger partial charge in [-0.2, -0.15) is 11.8 Å². The Kier molecular flexibility index (Phi) is 6.36. The van der Waals surface area contributed by atoms with Gasteiger partial charge in [0.05, 0.1) is 5.75 Å². The summed E-state index contributed by atoms with van der Waals surface area (Å²) < 4.78 is 0. The number of rotatable bonds is 6. The molecule has 0 aromatic carbocycles. The Morgan fingerprint density at radius 2 is 1.95 bits per heavy atom. The number of carbonyl (C=O) groups excluding carboxylic acids is 1. The van der Waals surface area contributed by atoms with Crippen molar-refractivity contribution in [1.82, 2.24) is 4.90 Å². The molecule has 120 valence electrons. The van der Waals surface area contributed by atoms with Crippen molar-refractivity contribution in [2.75, 3.05) is 18.1 Å². The fourth-order valence-corrected chi connectivity index (χ4v) is 4.42. The van der Waals surface area contributed by atoms with Crippen LogP contribution in [0.3, 0.4) is 0 Å². The quantitative estimate of drug-likeness (QED) is 0.729. The third-order valence-corrected chi connectivity index (χ3v) is 5.65. The number of thioether (sulfide) groups is 1. The van der Waals surface area contributed by atoms with E-state index in [4.69, 9.17) is 10.8 Å². The lowest BCUT2D eigenvalue weighted by Crippen LogP contribution is -2.50. The molecule has 1 saturated carbocycles. The zero-order chi connectivity index (χ0) is 15.2. The normalized spacial score (nSPS) is 27.0. The minimum Gasteiger partial charge on any atom is -0.480 e. The first kappa shape index (κ1) is 16.6. The predicted molar refractivity (Wildman–Crippen MR) is 84.2 cm³/mol. The Balaban J connectivity index is 1.73. The molecular formula is C15H26N2O3S. The monoisotopic (exact) mass is 314 g/mol. The smallest absolute Gasteiger partial charge is 0.320 e. The molecule has 2 rings (SSSR count). The van der Waals surface area contributed by atoms with Gasteiger partial charge in [-0.05, 0) is 43.8 Å². The predicted octanol–water partition coefficient (Wildman–Crippen LogP) is 1.70. The van der Waals surface area contributed by atoms with Crippen LogP contribution in [0.5, 0.6) is 0 Å². The fourth-order valence-electron chi connectivity index (χ4n) is 3.51. The molecule has 1 heterocycles. The average molecular weight is 314 g/mol. The molecule has 3 atom stereocenters. The molecule has 0 aromatic rings. The first-order chi connectivity index (χ1) is 10.1. The van der Waals surface area contributed by atoms with E-state index in [2.05, 4.69) is 4.90 Å². The topological polar surface area (TPSA) is 83.6 Å². The van der Waals surface area contributed by atoms with E-state index in [0.717, 1.165) is 19.4 Å². The molecule has 6 heteroatoms. The van der Waals surface area contributed by atoms with Crippen molar-refractivity contribution in [3.8, 4) is 0 Å². The summed E-state index contributed by atoms with van der Waals surface area (Å²) in [6.07, 6.45) is 7.80. The van der Waals surface area contributed by atoms with Gasteiger partial charge in [-0.15, -0.1) is 0 Å². The first-order valence-corrected chi connectivity index (χ1v) is 9.10. The summed E-state index contributed by atoms with van der Waals surface area (Å²) in [5.41, 5.74) is 5.46. The molecule has 5 nitrogen and oxygen atoms in total. The van der Waals surface area contributed by atoms with E-state index in [1.54, 1.807) is 0 Å². The fraction of sp³-hybridized carbons (Fsp3) is 0.867. The second kappa shape index (κ2) is 8.03. The van der Waals surface area contributed by atoms with E-state index in [1.807, 2.05) is 0 Å². The van der Waals surface area contributed by atoms with Gasteiger partial charge in [0.15, 0.2) is 0 Å². The molecule has 3 unspecified atom stereocenters. The SMILES string of the molecule is NC(CCSCC(=O)N1CCCC2CCCCC21)C(=O)O. The summed E-state index contributed by atoms with van der Waals surface area (Å²) in [6, 6.07) is -0.354. The highest BCUT2D eigenvalue weighted by atomic mass is 32.2. The number of fused-ring (bicyclic) bond motifs is 1. The minimum atomic E-state index is -0.969. The van der Waals surface area contributed by atoms with Gasteiger partial charge >= 0.3 is 5.97 Å². The molecular weight excluding hydrogens is 288 g/mol. The Bertz CT molecular complexity index is 376. The molecule has 21 heavy (non-hydrogen) atoms. The Morgan fingerprint density at radius 3 is 2.71 bits per heavy atom. The molecule has 2 aliphatic rings. The van der Waals surface area contributed by atoms with Crippen LogP contribution >= 0.6 is 11.8 Å². The number of likely N-dealkylation sites (tertiary alicyclic amines) is 1. The van der Waals surface area contributed by atoms with Gasteiger partial charge in [0, 0.05) is 12.6 Å². The maximum Gasteiger partial charge on any atom is 0.320 e. The zero-order valence-corrected chi connectivity index (χ0v) is 13.3. The van der Waals surface area contributed by atoms with E-state index >= 15 is 0 Å². The van der Waals surface area contributed by atoms with E-state index in [1.165, 1.54) is 37.4 Å².